The number of rotatable bonds is 1. The number of Topliss-reactive ketones (excluding diaryl/α,β-unsaturated/α-hetero) is 1. The maximum atomic E-state index is 12.8. The average molecular weight is 266 g/mol. The molecule has 0 bridgehead atoms. The number of hydrogen-bond donors (Lipinski definition) is 0. The van der Waals surface area contributed by atoms with Gasteiger partial charge in [0, 0.05) is 16.7 Å². The summed E-state index contributed by atoms with van der Waals surface area (Å²) in [7, 11) is 0. The predicted molar refractivity (Wildman–Crippen MR) is 69.2 cm³/mol. The van der Waals surface area contributed by atoms with Gasteiger partial charge in [-0.3, -0.25) is 4.79 Å². The van der Waals surface area contributed by atoms with Gasteiger partial charge in [-0.15, -0.1) is 0 Å². The highest BCUT2D eigenvalue weighted by Crippen LogP contribution is 2.54. The molecule has 2 aromatic rings. The summed E-state index contributed by atoms with van der Waals surface area (Å²) < 4.78 is 10.6. The zero-order valence-electron chi connectivity index (χ0n) is 10.4. The van der Waals surface area contributed by atoms with E-state index in [0.29, 0.717) is 16.7 Å². The molecule has 98 valence electrons. The molecule has 1 saturated heterocycles. The van der Waals surface area contributed by atoms with Gasteiger partial charge in [-0.05, 0) is 0 Å². The van der Waals surface area contributed by atoms with Crippen molar-refractivity contribution in [2.24, 2.45) is 0 Å². The van der Waals surface area contributed by atoms with Crippen molar-refractivity contribution in [3.05, 3.63) is 71.3 Å². The second kappa shape index (κ2) is 3.70. The maximum Gasteiger partial charge on any atom is 0.510 e. The van der Waals surface area contributed by atoms with Crippen molar-refractivity contribution >= 4 is 11.9 Å². The molecule has 4 nitrogen and oxygen atoms in total. The van der Waals surface area contributed by atoms with Crippen LogP contribution in [0.2, 0.25) is 0 Å². The molecular weight excluding hydrogens is 256 g/mol. The molecule has 4 rings (SSSR count). The van der Waals surface area contributed by atoms with Crippen molar-refractivity contribution in [3.63, 3.8) is 0 Å². The molecule has 0 radical (unpaired) electrons. The van der Waals surface area contributed by atoms with Crippen LogP contribution in [-0.4, -0.2) is 11.9 Å². The zero-order chi connectivity index (χ0) is 13.7. The van der Waals surface area contributed by atoms with Crippen molar-refractivity contribution in [1.29, 1.82) is 0 Å². The Morgan fingerprint density at radius 2 is 1.60 bits per heavy atom. The summed E-state index contributed by atoms with van der Waals surface area (Å²) in [6.45, 7) is 0. The Bertz CT molecular complexity index is 722. The van der Waals surface area contributed by atoms with Gasteiger partial charge in [-0.25, -0.2) is 4.79 Å². The van der Waals surface area contributed by atoms with Gasteiger partial charge >= 0.3 is 6.16 Å². The van der Waals surface area contributed by atoms with Crippen LogP contribution in [0.4, 0.5) is 4.79 Å². The Kier molecular flexibility index (Phi) is 2.07. The van der Waals surface area contributed by atoms with Gasteiger partial charge in [-0.1, -0.05) is 54.6 Å². The van der Waals surface area contributed by atoms with Crippen LogP contribution < -0.4 is 0 Å². The molecule has 1 aliphatic carbocycles. The Balaban J connectivity index is 1.99. The first kappa shape index (κ1) is 11.2. The first-order valence-corrected chi connectivity index (χ1v) is 6.32. The fourth-order valence-electron chi connectivity index (χ4n) is 3.00. The molecule has 4 heteroatoms. The summed E-state index contributed by atoms with van der Waals surface area (Å²) in [5.74, 6) is -0.227. The fraction of sp³-hybridized carbons (Fsp3) is 0.125. The largest absolute Gasteiger partial charge is 0.510 e. The second-order valence-corrected chi connectivity index (χ2v) is 4.87. The Morgan fingerprint density at radius 1 is 0.900 bits per heavy atom. The standard InChI is InChI=1S/C16H10O4/c17-13-11-8-4-5-9-12(11)14-16(13,20-15(18)19-14)10-6-2-1-3-7-10/h1-9,14H. The molecule has 1 heterocycles. The van der Waals surface area contributed by atoms with E-state index in [-0.39, 0.29) is 5.78 Å². The lowest BCUT2D eigenvalue weighted by Gasteiger charge is -2.23. The van der Waals surface area contributed by atoms with E-state index in [4.69, 9.17) is 9.47 Å². The Labute approximate surface area is 114 Å². The summed E-state index contributed by atoms with van der Waals surface area (Å²) >= 11 is 0. The van der Waals surface area contributed by atoms with Gasteiger partial charge in [0.2, 0.25) is 11.4 Å². The molecule has 0 N–H and O–H groups in total. The Hall–Kier alpha value is -2.62. The third kappa shape index (κ3) is 1.20. The molecular formula is C16H10O4. The van der Waals surface area contributed by atoms with Crippen LogP contribution in [0.25, 0.3) is 0 Å². The number of ether oxygens (including phenoxy) is 2. The molecule has 20 heavy (non-hydrogen) atoms. The minimum Gasteiger partial charge on any atom is -0.421 e. The number of carbonyl (C=O) groups excluding carboxylic acids is 2. The molecule has 2 atom stereocenters. The zero-order valence-corrected chi connectivity index (χ0v) is 10.4. The third-order valence-corrected chi connectivity index (χ3v) is 3.86. The summed E-state index contributed by atoms with van der Waals surface area (Å²) in [6.07, 6.45) is -1.51. The number of benzene rings is 2. The van der Waals surface area contributed by atoms with Crippen LogP contribution in [0.3, 0.4) is 0 Å². The average Bonchev–Trinajstić information content (AvgIpc) is 2.95. The van der Waals surface area contributed by atoms with Crippen LogP contribution in [0, 0.1) is 0 Å². The molecule has 2 aromatic carbocycles. The smallest absolute Gasteiger partial charge is 0.421 e. The van der Waals surface area contributed by atoms with E-state index >= 15 is 0 Å². The van der Waals surface area contributed by atoms with E-state index in [0.717, 1.165) is 0 Å². The van der Waals surface area contributed by atoms with Crippen molar-refractivity contribution in [3.8, 4) is 0 Å². The summed E-state index contributed by atoms with van der Waals surface area (Å²) in [5.41, 5.74) is 0.514. The van der Waals surface area contributed by atoms with E-state index < -0.39 is 17.9 Å². The molecule has 0 spiro atoms. The van der Waals surface area contributed by atoms with Gasteiger partial charge in [0.1, 0.15) is 0 Å². The number of carbonyl (C=O) groups is 2. The normalized spacial score (nSPS) is 26.7. The van der Waals surface area contributed by atoms with Crippen LogP contribution in [-0.2, 0) is 15.1 Å². The lowest BCUT2D eigenvalue weighted by molar-refractivity contribution is 0.0305. The highest BCUT2D eigenvalue weighted by Gasteiger charge is 2.64. The maximum absolute atomic E-state index is 12.8. The SMILES string of the molecule is O=C1OC2c3ccccc3C(=O)C2(c2ccccc2)O1. The highest BCUT2D eigenvalue weighted by atomic mass is 16.8. The van der Waals surface area contributed by atoms with E-state index in [1.54, 1.807) is 30.3 Å². The van der Waals surface area contributed by atoms with Crippen molar-refractivity contribution < 1.29 is 19.1 Å². The molecule has 2 aliphatic rings. The van der Waals surface area contributed by atoms with Crippen LogP contribution in [0.1, 0.15) is 27.6 Å². The minimum atomic E-state index is -1.37. The van der Waals surface area contributed by atoms with E-state index in [1.807, 2.05) is 24.3 Å². The summed E-state index contributed by atoms with van der Waals surface area (Å²) in [6, 6.07) is 16.2. The number of hydrogen-bond acceptors (Lipinski definition) is 4. The monoisotopic (exact) mass is 266 g/mol. The van der Waals surface area contributed by atoms with Crippen molar-refractivity contribution in [2.45, 2.75) is 11.7 Å². The topological polar surface area (TPSA) is 52.6 Å². The Morgan fingerprint density at radius 3 is 2.40 bits per heavy atom. The molecule has 2 unspecified atom stereocenters. The lowest BCUT2D eigenvalue weighted by atomic mass is 9.88. The fourth-order valence-corrected chi connectivity index (χ4v) is 3.00. The quantitative estimate of drug-likeness (QED) is 0.744. The van der Waals surface area contributed by atoms with Gasteiger partial charge in [-0.2, -0.15) is 0 Å². The first-order valence-electron chi connectivity index (χ1n) is 6.32. The molecule has 1 fully saturated rings. The third-order valence-electron chi connectivity index (χ3n) is 3.86. The molecule has 1 aliphatic heterocycles. The minimum absolute atomic E-state index is 0.227. The number of fused-ring (bicyclic) bond motifs is 3. The van der Waals surface area contributed by atoms with Gasteiger partial charge < -0.3 is 9.47 Å². The van der Waals surface area contributed by atoms with Gasteiger partial charge in [0.05, 0.1) is 0 Å². The first-order chi connectivity index (χ1) is 9.73. The van der Waals surface area contributed by atoms with Crippen molar-refractivity contribution in [2.75, 3.05) is 0 Å². The van der Waals surface area contributed by atoms with E-state index in [1.165, 1.54) is 0 Å². The van der Waals surface area contributed by atoms with Crippen molar-refractivity contribution in [1.82, 2.24) is 0 Å². The van der Waals surface area contributed by atoms with Crippen LogP contribution in [0.15, 0.2) is 54.6 Å². The van der Waals surface area contributed by atoms with Crippen LogP contribution >= 0.6 is 0 Å². The van der Waals surface area contributed by atoms with Gasteiger partial charge in [0.25, 0.3) is 0 Å². The second-order valence-electron chi connectivity index (χ2n) is 4.87. The lowest BCUT2D eigenvalue weighted by Crippen LogP contribution is -2.35. The summed E-state index contributed by atoms with van der Waals surface area (Å²) in [4.78, 5) is 24.4. The molecule has 0 amide bonds. The predicted octanol–water partition coefficient (Wildman–Crippen LogP) is 2.99. The van der Waals surface area contributed by atoms with Gasteiger partial charge in [0.15, 0.2) is 6.10 Å². The number of ketones is 1. The van der Waals surface area contributed by atoms with E-state index in [9.17, 15) is 9.59 Å². The van der Waals surface area contributed by atoms with E-state index in [2.05, 4.69) is 0 Å². The van der Waals surface area contributed by atoms with Crippen LogP contribution in [0.5, 0.6) is 0 Å². The molecule has 0 saturated carbocycles. The molecule has 0 aromatic heterocycles. The highest BCUT2D eigenvalue weighted by molar-refractivity contribution is 6.09. The summed E-state index contributed by atoms with van der Waals surface area (Å²) in [5, 5.41) is 0.